The minimum absolute atomic E-state index is 0.455. The first-order valence-corrected chi connectivity index (χ1v) is 8.46. The third-order valence-electron chi connectivity index (χ3n) is 5.77. The molecule has 1 atom stereocenters. The van der Waals surface area contributed by atoms with Gasteiger partial charge in [-0.15, -0.1) is 0 Å². The van der Waals surface area contributed by atoms with E-state index < -0.39 is 11.4 Å². The summed E-state index contributed by atoms with van der Waals surface area (Å²) >= 11 is 0. The quantitative estimate of drug-likeness (QED) is 0.833. The minimum atomic E-state index is -0.572. The zero-order valence-electron chi connectivity index (χ0n) is 13.4. The fraction of sp³-hybridized carbons (Fsp3) is 0.941. The lowest BCUT2D eigenvalue weighted by Crippen LogP contribution is -2.40. The van der Waals surface area contributed by atoms with E-state index in [0.29, 0.717) is 6.04 Å². The number of hydrogen-bond acceptors (Lipinski definition) is 2. The SMILES string of the molecule is CCCC1(C(=O)O)CCN(C2CCC(C(C)C)CC2)C1. The van der Waals surface area contributed by atoms with Crippen molar-refractivity contribution in [3.05, 3.63) is 0 Å². The fourth-order valence-electron chi connectivity index (χ4n) is 4.31. The second-order valence-electron chi connectivity index (χ2n) is 7.37. The van der Waals surface area contributed by atoms with Crippen LogP contribution in [-0.4, -0.2) is 35.1 Å². The maximum Gasteiger partial charge on any atom is 0.310 e. The van der Waals surface area contributed by atoms with Gasteiger partial charge in [0.1, 0.15) is 0 Å². The van der Waals surface area contributed by atoms with Crippen LogP contribution in [0.2, 0.25) is 0 Å². The number of likely N-dealkylation sites (tertiary alicyclic amines) is 1. The smallest absolute Gasteiger partial charge is 0.310 e. The lowest BCUT2D eigenvalue weighted by atomic mass is 9.79. The average molecular weight is 281 g/mol. The Balaban J connectivity index is 1.91. The molecule has 0 bridgehead atoms. The molecule has 0 amide bonds. The van der Waals surface area contributed by atoms with E-state index in [-0.39, 0.29) is 0 Å². The van der Waals surface area contributed by atoms with Crippen LogP contribution in [0.3, 0.4) is 0 Å². The second-order valence-corrected chi connectivity index (χ2v) is 7.37. The predicted octanol–water partition coefficient (Wildman–Crippen LogP) is 3.78. The van der Waals surface area contributed by atoms with Crippen molar-refractivity contribution in [2.24, 2.45) is 17.3 Å². The summed E-state index contributed by atoms with van der Waals surface area (Å²) in [6.45, 7) is 8.53. The molecule has 2 fully saturated rings. The summed E-state index contributed by atoms with van der Waals surface area (Å²) in [4.78, 5) is 14.1. The zero-order chi connectivity index (χ0) is 14.8. The molecule has 0 spiro atoms. The molecule has 2 aliphatic rings. The molecule has 1 aliphatic heterocycles. The molecule has 1 saturated carbocycles. The summed E-state index contributed by atoms with van der Waals surface area (Å²) in [5.41, 5.74) is -0.455. The first kappa shape index (κ1) is 15.8. The normalized spacial score (nSPS) is 35.6. The van der Waals surface area contributed by atoms with E-state index in [1.54, 1.807) is 0 Å². The number of hydrogen-bond donors (Lipinski definition) is 1. The van der Waals surface area contributed by atoms with Crippen LogP contribution >= 0.6 is 0 Å². The maximum atomic E-state index is 11.7. The molecular formula is C17H31NO2. The molecule has 20 heavy (non-hydrogen) atoms. The summed E-state index contributed by atoms with van der Waals surface area (Å²) in [5, 5.41) is 9.60. The lowest BCUT2D eigenvalue weighted by Gasteiger charge is -2.36. The van der Waals surface area contributed by atoms with Crippen LogP contribution in [0.15, 0.2) is 0 Å². The summed E-state index contributed by atoms with van der Waals surface area (Å²) in [5.74, 6) is 1.11. The molecule has 1 unspecified atom stereocenters. The number of carbonyl (C=O) groups is 1. The Labute approximate surface area is 123 Å². The van der Waals surface area contributed by atoms with Gasteiger partial charge in [0.05, 0.1) is 5.41 Å². The minimum Gasteiger partial charge on any atom is -0.481 e. The highest BCUT2D eigenvalue weighted by molar-refractivity contribution is 5.75. The molecule has 0 aromatic carbocycles. The van der Waals surface area contributed by atoms with Gasteiger partial charge >= 0.3 is 5.97 Å². The molecular weight excluding hydrogens is 250 g/mol. The summed E-state index contributed by atoms with van der Waals surface area (Å²) in [6.07, 6.45) is 7.84. The standard InChI is InChI=1S/C17H31NO2/c1-4-9-17(16(19)20)10-11-18(12-17)15-7-5-14(6-8-15)13(2)3/h13-15H,4-12H2,1-3H3,(H,19,20). The third kappa shape index (κ3) is 3.19. The molecule has 2 rings (SSSR count). The molecule has 0 aromatic rings. The van der Waals surface area contributed by atoms with Crippen LogP contribution in [0, 0.1) is 17.3 Å². The van der Waals surface area contributed by atoms with Crippen LogP contribution in [0.4, 0.5) is 0 Å². The van der Waals surface area contributed by atoms with Gasteiger partial charge in [0, 0.05) is 12.6 Å². The van der Waals surface area contributed by atoms with Crippen molar-refractivity contribution in [3.63, 3.8) is 0 Å². The highest BCUT2D eigenvalue weighted by Gasteiger charge is 2.45. The van der Waals surface area contributed by atoms with Crippen LogP contribution in [0.1, 0.15) is 65.7 Å². The lowest BCUT2D eigenvalue weighted by molar-refractivity contribution is -0.148. The van der Waals surface area contributed by atoms with E-state index in [2.05, 4.69) is 25.7 Å². The van der Waals surface area contributed by atoms with Gasteiger partial charge in [-0.2, -0.15) is 0 Å². The van der Waals surface area contributed by atoms with Crippen molar-refractivity contribution in [2.75, 3.05) is 13.1 Å². The van der Waals surface area contributed by atoms with Crippen molar-refractivity contribution in [1.82, 2.24) is 4.90 Å². The predicted molar refractivity (Wildman–Crippen MR) is 81.8 cm³/mol. The summed E-state index contributed by atoms with van der Waals surface area (Å²) in [6, 6.07) is 0.642. The van der Waals surface area contributed by atoms with Gasteiger partial charge in [-0.05, 0) is 56.9 Å². The summed E-state index contributed by atoms with van der Waals surface area (Å²) in [7, 11) is 0. The molecule has 3 nitrogen and oxygen atoms in total. The average Bonchev–Trinajstić information content (AvgIpc) is 2.85. The monoisotopic (exact) mass is 281 g/mol. The van der Waals surface area contributed by atoms with Gasteiger partial charge in [0.25, 0.3) is 0 Å². The number of carboxylic acid groups (broad SMARTS) is 1. The van der Waals surface area contributed by atoms with Crippen LogP contribution in [-0.2, 0) is 4.79 Å². The van der Waals surface area contributed by atoms with Crippen molar-refractivity contribution < 1.29 is 9.90 Å². The Hall–Kier alpha value is -0.570. The van der Waals surface area contributed by atoms with Gasteiger partial charge in [-0.1, -0.05) is 27.2 Å². The van der Waals surface area contributed by atoms with Gasteiger partial charge < -0.3 is 5.11 Å². The molecule has 1 heterocycles. The van der Waals surface area contributed by atoms with Crippen molar-refractivity contribution >= 4 is 5.97 Å². The van der Waals surface area contributed by atoms with E-state index in [9.17, 15) is 9.90 Å². The van der Waals surface area contributed by atoms with Gasteiger partial charge in [-0.3, -0.25) is 9.69 Å². The number of rotatable bonds is 5. The molecule has 1 saturated heterocycles. The topological polar surface area (TPSA) is 40.5 Å². The highest BCUT2D eigenvalue weighted by Crippen LogP contribution is 2.40. The Morgan fingerprint density at radius 2 is 1.95 bits per heavy atom. The Bertz CT molecular complexity index is 334. The van der Waals surface area contributed by atoms with Crippen LogP contribution in [0.25, 0.3) is 0 Å². The van der Waals surface area contributed by atoms with Crippen molar-refractivity contribution in [2.45, 2.75) is 71.8 Å². The molecule has 116 valence electrons. The Morgan fingerprint density at radius 3 is 2.45 bits per heavy atom. The maximum absolute atomic E-state index is 11.7. The molecule has 0 radical (unpaired) electrons. The first-order valence-electron chi connectivity index (χ1n) is 8.46. The second kappa shape index (κ2) is 6.46. The highest BCUT2D eigenvalue weighted by atomic mass is 16.4. The van der Waals surface area contributed by atoms with Gasteiger partial charge in [0.15, 0.2) is 0 Å². The van der Waals surface area contributed by atoms with Gasteiger partial charge in [-0.25, -0.2) is 0 Å². The number of nitrogens with zero attached hydrogens (tertiary/aromatic N) is 1. The Kier molecular flexibility index (Phi) is 5.11. The Morgan fingerprint density at radius 1 is 1.30 bits per heavy atom. The van der Waals surface area contributed by atoms with Crippen molar-refractivity contribution in [1.29, 1.82) is 0 Å². The number of carboxylic acids is 1. The van der Waals surface area contributed by atoms with E-state index in [4.69, 9.17) is 0 Å². The van der Waals surface area contributed by atoms with Crippen LogP contribution < -0.4 is 0 Å². The molecule has 3 heteroatoms. The largest absolute Gasteiger partial charge is 0.481 e. The molecule has 1 aliphatic carbocycles. The molecule has 1 N–H and O–H groups in total. The molecule has 0 aromatic heterocycles. The summed E-state index contributed by atoms with van der Waals surface area (Å²) < 4.78 is 0. The van der Waals surface area contributed by atoms with E-state index in [1.165, 1.54) is 25.7 Å². The zero-order valence-corrected chi connectivity index (χ0v) is 13.4. The third-order valence-corrected chi connectivity index (χ3v) is 5.77. The van der Waals surface area contributed by atoms with E-state index in [1.807, 2.05) is 0 Å². The van der Waals surface area contributed by atoms with E-state index >= 15 is 0 Å². The van der Waals surface area contributed by atoms with E-state index in [0.717, 1.165) is 44.2 Å². The fourth-order valence-corrected chi connectivity index (χ4v) is 4.31. The van der Waals surface area contributed by atoms with Crippen molar-refractivity contribution in [3.8, 4) is 0 Å². The first-order chi connectivity index (χ1) is 9.48. The number of aliphatic carboxylic acids is 1. The van der Waals surface area contributed by atoms with Crippen LogP contribution in [0.5, 0.6) is 0 Å². The van der Waals surface area contributed by atoms with Gasteiger partial charge in [0.2, 0.25) is 0 Å².